The van der Waals surface area contributed by atoms with E-state index in [1.165, 1.54) is 21.2 Å². The van der Waals surface area contributed by atoms with Crippen molar-refractivity contribution in [3.63, 3.8) is 0 Å². The maximum absolute atomic E-state index is 12.9. The number of nitrogens with one attached hydrogen (secondary N) is 2. The molecule has 5 heteroatoms. The molecule has 0 unspecified atom stereocenters. The zero-order valence-corrected chi connectivity index (χ0v) is 15.7. The number of hydrogen-bond acceptors (Lipinski definition) is 2. The molecular formula is C23H23N4O+. The first-order valence-corrected chi connectivity index (χ1v) is 9.82. The standard InChI is InChI=1S/C23H22N4O/c28-23(22-20-10-3-4-11-21(20)24-25-22)27-14-12-26(13-15-27)16-18-8-5-7-17-6-1-2-9-19(17)18/h1-11H,12-16H2,(H,24,25)/p+1. The van der Waals surface area contributed by atoms with E-state index in [1.54, 1.807) is 0 Å². The number of aromatic nitrogens is 2. The molecule has 1 aromatic heterocycles. The largest absolute Gasteiger partial charge is 0.328 e. The van der Waals surface area contributed by atoms with Crippen LogP contribution in [-0.4, -0.2) is 47.2 Å². The number of carbonyl (C=O) groups is 1. The van der Waals surface area contributed by atoms with Gasteiger partial charge in [-0.05, 0) is 16.8 Å². The third-order valence-corrected chi connectivity index (χ3v) is 5.75. The smallest absolute Gasteiger partial charge is 0.275 e. The number of nitrogens with zero attached hydrogens (tertiary/aromatic N) is 2. The van der Waals surface area contributed by atoms with Crippen LogP contribution in [0.4, 0.5) is 0 Å². The minimum atomic E-state index is 0.0293. The van der Waals surface area contributed by atoms with Crippen molar-refractivity contribution in [2.24, 2.45) is 0 Å². The van der Waals surface area contributed by atoms with Crippen LogP contribution >= 0.6 is 0 Å². The third kappa shape index (κ3) is 3.04. The van der Waals surface area contributed by atoms with Gasteiger partial charge in [0.1, 0.15) is 6.54 Å². The molecule has 1 saturated heterocycles. The van der Waals surface area contributed by atoms with Crippen molar-refractivity contribution < 1.29 is 9.69 Å². The van der Waals surface area contributed by atoms with Gasteiger partial charge in [0.05, 0.1) is 31.7 Å². The van der Waals surface area contributed by atoms with E-state index in [4.69, 9.17) is 0 Å². The van der Waals surface area contributed by atoms with Crippen LogP contribution in [-0.2, 0) is 6.54 Å². The molecule has 2 heterocycles. The van der Waals surface area contributed by atoms with Crippen molar-refractivity contribution in [2.75, 3.05) is 26.2 Å². The Balaban J connectivity index is 1.28. The van der Waals surface area contributed by atoms with Crippen molar-refractivity contribution in [2.45, 2.75) is 6.54 Å². The quantitative estimate of drug-likeness (QED) is 0.580. The van der Waals surface area contributed by atoms with Crippen LogP contribution in [0.3, 0.4) is 0 Å². The highest BCUT2D eigenvalue weighted by atomic mass is 16.2. The van der Waals surface area contributed by atoms with Gasteiger partial charge in [0, 0.05) is 10.9 Å². The zero-order valence-electron chi connectivity index (χ0n) is 15.7. The second kappa shape index (κ2) is 7.09. The van der Waals surface area contributed by atoms with Gasteiger partial charge in [-0.15, -0.1) is 0 Å². The number of quaternary nitrogens is 1. The minimum Gasteiger partial charge on any atom is -0.328 e. The summed E-state index contributed by atoms with van der Waals surface area (Å²) in [6, 6.07) is 22.9. The molecule has 0 aliphatic carbocycles. The summed E-state index contributed by atoms with van der Waals surface area (Å²) < 4.78 is 0. The maximum Gasteiger partial charge on any atom is 0.275 e. The number of benzene rings is 3. The Morgan fingerprint density at radius 3 is 2.50 bits per heavy atom. The Hall–Kier alpha value is -3.18. The van der Waals surface area contributed by atoms with Crippen molar-refractivity contribution in [3.8, 4) is 0 Å². The highest BCUT2D eigenvalue weighted by molar-refractivity contribution is 6.04. The first kappa shape index (κ1) is 17.0. The van der Waals surface area contributed by atoms with Crippen LogP contribution in [0.15, 0.2) is 66.7 Å². The molecule has 4 aromatic rings. The average Bonchev–Trinajstić information content (AvgIpc) is 3.18. The molecule has 0 saturated carbocycles. The number of rotatable bonds is 3. The summed E-state index contributed by atoms with van der Waals surface area (Å²) in [7, 11) is 0. The van der Waals surface area contributed by atoms with Crippen LogP contribution in [0.5, 0.6) is 0 Å². The SMILES string of the molecule is O=C(c1n[nH]c2ccccc12)N1CC[NH+](Cc2cccc3ccccc23)CC1. The third-order valence-electron chi connectivity index (χ3n) is 5.75. The van der Waals surface area contributed by atoms with E-state index < -0.39 is 0 Å². The Kier molecular flexibility index (Phi) is 4.29. The van der Waals surface area contributed by atoms with Gasteiger partial charge in [0.25, 0.3) is 5.91 Å². The average molecular weight is 371 g/mol. The number of aromatic amines is 1. The lowest BCUT2D eigenvalue weighted by Gasteiger charge is -2.32. The second-order valence-corrected chi connectivity index (χ2v) is 7.48. The van der Waals surface area contributed by atoms with Gasteiger partial charge < -0.3 is 9.80 Å². The van der Waals surface area contributed by atoms with Gasteiger partial charge in [-0.1, -0.05) is 60.7 Å². The van der Waals surface area contributed by atoms with Gasteiger partial charge in [-0.25, -0.2) is 0 Å². The molecular weight excluding hydrogens is 348 g/mol. The van der Waals surface area contributed by atoms with Crippen LogP contribution in [0, 0.1) is 0 Å². The number of fused-ring (bicyclic) bond motifs is 2. The molecule has 1 aliphatic heterocycles. The first-order chi connectivity index (χ1) is 13.8. The summed E-state index contributed by atoms with van der Waals surface area (Å²) in [5.41, 5.74) is 2.82. The van der Waals surface area contributed by atoms with E-state index in [0.717, 1.165) is 43.6 Å². The van der Waals surface area contributed by atoms with Crippen molar-refractivity contribution >= 4 is 27.6 Å². The highest BCUT2D eigenvalue weighted by Crippen LogP contribution is 2.18. The van der Waals surface area contributed by atoms with E-state index >= 15 is 0 Å². The molecule has 5 nitrogen and oxygen atoms in total. The Bertz CT molecular complexity index is 1140. The minimum absolute atomic E-state index is 0.0293. The fourth-order valence-electron chi connectivity index (χ4n) is 4.20. The number of para-hydroxylation sites is 1. The Labute approximate surface area is 163 Å². The fourth-order valence-corrected chi connectivity index (χ4v) is 4.20. The number of H-pyrrole nitrogens is 1. The Morgan fingerprint density at radius 1 is 0.929 bits per heavy atom. The second-order valence-electron chi connectivity index (χ2n) is 7.48. The monoisotopic (exact) mass is 371 g/mol. The summed E-state index contributed by atoms with van der Waals surface area (Å²) in [4.78, 5) is 16.4. The van der Waals surface area contributed by atoms with Crippen molar-refractivity contribution in [1.82, 2.24) is 15.1 Å². The molecule has 28 heavy (non-hydrogen) atoms. The van der Waals surface area contributed by atoms with Gasteiger partial charge in [0.2, 0.25) is 0 Å². The Morgan fingerprint density at radius 2 is 1.64 bits per heavy atom. The molecule has 0 bridgehead atoms. The van der Waals surface area contributed by atoms with Crippen LogP contribution in [0.2, 0.25) is 0 Å². The molecule has 3 aromatic carbocycles. The van der Waals surface area contributed by atoms with E-state index in [2.05, 4.69) is 52.7 Å². The molecule has 0 spiro atoms. The lowest BCUT2D eigenvalue weighted by Crippen LogP contribution is -3.13. The predicted octanol–water partition coefficient (Wildman–Crippen LogP) is 2.26. The molecule has 1 fully saturated rings. The summed E-state index contributed by atoms with van der Waals surface area (Å²) in [6.07, 6.45) is 0. The molecule has 140 valence electrons. The van der Waals surface area contributed by atoms with E-state index in [1.807, 2.05) is 29.2 Å². The van der Waals surface area contributed by atoms with Crippen LogP contribution in [0.1, 0.15) is 16.1 Å². The number of hydrogen-bond donors (Lipinski definition) is 2. The predicted molar refractivity (Wildman–Crippen MR) is 110 cm³/mol. The molecule has 0 atom stereocenters. The van der Waals surface area contributed by atoms with Gasteiger partial charge >= 0.3 is 0 Å². The van der Waals surface area contributed by atoms with Gasteiger partial charge in [-0.2, -0.15) is 5.10 Å². The zero-order chi connectivity index (χ0) is 18.9. The first-order valence-electron chi connectivity index (χ1n) is 9.82. The lowest BCUT2D eigenvalue weighted by molar-refractivity contribution is -0.917. The summed E-state index contributed by atoms with van der Waals surface area (Å²) >= 11 is 0. The van der Waals surface area contributed by atoms with E-state index in [9.17, 15) is 4.79 Å². The molecule has 1 aliphatic rings. The van der Waals surface area contributed by atoms with Crippen LogP contribution < -0.4 is 4.90 Å². The number of amides is 1. The fraction of sp³-hybridized carbons (Fsp3) is 0.217. The summed E-state index contributed by atoms with van der Waals surface area (Å²) in [5, 5.41) is 10.8. The summed E-state index contributed by atoms with van der Waals surface area (Å²) in [5.74, 6) is 0.0293. The van der Waals surface area contributed by atoms with Gasteiger partial charge in [0.15, 0.2) is 5.69 Å². The van der Waals surface area contributed by atoms with E-state index in [-0.39, 0.29) is 5.91 Å². The highest BCUT2D eigenvalue weighted by Gasteiger charge is 2.27. The molecule has 2 N–H and O–H groups in total. The number of carbonyl (C=O) groups excluding carboxylic acids is 1. The summed E-state index contributed by atoms with van der Waals surface area (Å²) in [6.45, 7) is 4.43. The molecule has 0 radical (unpaired) electrons. The van der Waals surface area contributed by atoms with E-state index in [0.29, 0.717) is 5.69 Å². The maximum atomic E-state index is 12.9. The van der Waals surface area contributed by atoms with Gasteiger partial charge in [-0.3, -0.25) is 9.89 Å². The normalized spacial score (nSPS) is 15.4. The molecule has 1 amide bonds. The number of piperazine rings is 1. The van der Waals surface area contributed by atoms with Crippen molar-refractivity contribution in [1.29, 1.82) is 0 Å². The van der Waals surface area contributed by atoms with Crippen LogP contribution in [0.25, 0.3) is 21.7 Å². The molecule has 5 rings (SSSR count). The lowest BCUT2D eigenvalue weighted by atomic mass is 10.0. The van der Waals surface area contributed by atoms with Crippen molar-refractivity contribution in [3.05, 3.63) is 78.0 Å². The topological polar surface area (TPSA) is 53.4 Å².